The molecular formula is C17H24N2O5S2. The number of fused-ring (bicyclic) bond motifs is 1. The van der Waals surface area contributed by atoms with E-state index < -0.39 is 10.0 Å². The standard InChI is InChI=1S/C17H24N2O5S2/c1-26(21,22)19(13-6-7-15-16(10-13)24-12-23-15)11-17(20)18-8-9-25-14-4-2-3-5-14/h6-7,10,14H,2-5,8-9,11-12H2,1H3,(H,18,20). The first-order chi connectivity index (χ1) is 12.4. The van der Waals surface area contributed by atoms with Crippen LogP contribution in [0.5, 0.6) is 11.5 Å². The molecule has 0 bridgehead atoms. The molecule has 9 heteroatoms. The van der Waals surface area contributed by atoms with E-state index >= 15 is 0 Å². The van der Waals surface area contributed by atoms with Gasteiger partial charge in [-0.2, -0.15) is 11.8 Å². The molecule has 1 fully saturated rings. The Morgan fingerprint density at radius 3 is 2.73 bits per heavy atom. The molecule has 1 saturated carbocycles. The first-order valence-corrected chi connectivity index (χ1v) is 11.6. The van der Waals surface area contributed by atoms with E-state index in [-0.39, 0.29) is 19.2 Å². The van der Waals surface area contributed by atoms with Gasteiger partial charge in [0.1, 0.15) is 6.54 Å². The fraction of sp³-hybridized carbons (Fsp3) is 0.588. The number of carbonyl (C=O) groups excluding carboxylic acids is 1. The summed E-state index contributed by atoms with van der Waals surface area (Å²) in [6.45, 7) is 0.391. The van der Waals surface area contributed by atoms with Crippen LogP contribution in [-0.4, -0.2) is 51.5 Å². The average molecular weight is 401 g/mol. The molecule has 1 aliphatic heterocycles. The molecule has 1 aromatic carbocycles. The minimum absolute atomic E-state index is 0.108. The maximum absolute atomic E-state index is 12.2. The number of carbonyl (C=O) groups is 1. The normalized spacial score (nSPS) is 16.7. The number of nitrogens with one attached hydrogen (secondary N) is 1. The Balaban J connectivity index is 1.55. The molecule has 26 heavy (non-hydrogen) atoms. The lowest BCUT2D eigenvalue weighted by atomic mass is 10.3. The Labute approximate surface area is 158 Å². The Hall–Kier alpha value is -1.61. The Bertz CT molecular complexity index is 748. The third-order valence-corrected chi connectivity index (χ3v) is 6.93. The molecule has 0 unspecified atom stereocenters. The molecule has 7 nitrogen and oxygen atoms in total. The SMILES string of the molecule is CS(=O)(=O)N(CC(=O)NCCSC1CCCC1)c1ccc2c(c1)OCO2. The largest absolute Gasteiger partial charge is 0.454 e. The predicted molar refractivity (Wildman–Crippen MR) is 102 cm³/mol. The van der Waals surface area contributed by atoms with E-state index in [4.69, 9.17) is 9.47 Å². The molecule has 0 aromatic heterocycles. The zero-order valence-corrected chi connectivity index (χ0v) is 16.4. The summed E-state index contributed by atoms with van der Waals surface area (Å²) in [6, 6.07) is 4.83. The number of rotatable bonds is 8. The summed E-state index contributed by atoms with van der Waals surface area (Å²) in [5.41, 5.74) is 0.382. The topological polar surface area (TPSA) is 84.9 Å². The number of thioether (sulfide) groups is 1. The molecule has 3 rings (SSSR count). The molecule has 1 N–H and O–H groups in total. The lowest BCUT2D eigenvalue weighted by Gasteiger charge is -2.22. The highest BCUT2D eigenvalue weighted by molar-refractivity contribution is 7.99. The third-order valence-electron chi connectivity index (χ3n) is 4.41. The van der Waals surface area contributed by atoms with Crippen molar-refractivity contribution in [2.45, 2.75) is 30.9 Å². The van der Waals surface area contributed by atoms with Gasteiger partial charge in [0.2, 0.25) is 22.7 Å². The van der Waals surface area contributed by atoms with Crippen molar-refractivity contribution in [2.75, 3.05) is 36.2 Å². The van der Waals surface area contributed by atoms with Crippen LogP contribution in [0, 0.1) is 0 Å². The molecular weight excluding hydrogens is 376 g/mol. The van der Waals surface area contributed by atoms with E-state index in [1.54, 1.807) is 18.2 Å². The molecule has 1 aromatic rings. The van der Waals surface area contributed by atoms with E-state index in [9.17, 15) is 13.2 Å². The number of hydrogen-bond donors (Lipinski definition) is 1. The molecule has 1 amide bonds. The van der Waals surface area contributed by atoms with Crippen molar-refractivity contribution in [3.8, 4) is 11.5 Å². The van der Waals surface area contributed by atoms with Gasteiger partial charge in [-0.05, 0) is 25.0 Å². The molecule has 144 valence electrons. The summed E-state index contributed by atoms with van der Waals surface area (Å²) in [7, 11) is -3.60. The molecule has 1 heterocycles. The van der Waals surface area contributed by atoms with Gasteiger partial charge in [-0.1, -0.05) is 12.8 Å². The summed E-state index contributed by atoms with van der Waals surface area (Å²) in [5, 5.41) is 3.51. The van der Waals surface area contributed by atoms with Crippen molar-refractivity contribution < 1.29 is 22.7 Å². The number of sulfonamides is 1. The van der Waals surface area contributed by atoms with Gasteiger partial charge in [-0.15, -0.1) is 0 Å². The number of hydrogen-bond acceptors (Lipinski definition) is 6. The van der Waals surface area contributed by atoms with Crippen molar-refractivity contribution in [3.63, 3.8) is 0 Å². The Morgan fingerprint density at radius 2 is 2.00 bits per heavy atom. The van der Waals surface area contributed by atoms with Crippen molar-refractivity contribution in [1.29, 1.82) is 0 Å². The first-order valence-electron chi connectivity index (χ1n) is 8.69. The Kier molecular flexibility index (Phi) is 6.18. The van der Waals surface area contributed by atoms with Gasteiger partial charge >= 0.3 is 0 Å². The van der Waals surface area contributed by atoms with Gasteiger partial charge in [0.25, 0.3) is 0 Å². The monoisotopic (exact) mass is 400 g/mol. The van der Waals surface area contributed by atoms with Crippen molar-refractivity contribution in [2.24, 2.45) is 0 Å². The van der Waals surface area contributed by atoms with E-state index in [2.05, 4.69) is 5.32 Å². The van der Waals surface area contributed by atoms with Gasteiger partial charge in [0, 0.05) is 23.6 Å². The predicted octanol–water partition coefficient (Wildman–Crippen LogP) is 1.97. The van der Waals surface area contributed by atoms with E-state index in [0.717, 1.165) is 16.3 Å². The van der Waals surface area contributed by atoms with E-state index in [1.807, 2.05) is 11.8 Å². The maximum Gasteiger partial charge on any atom is 0.240 e. The minimum Gasteiger partial charge on any atom is -0.454 e. The highest BCUT2D eigenvalue weighted by atomic mass is 32.2. The average Bonchev–Trinajstić information content (AvgIpc) is 3.26. The fourth-order valence-electron chi connectivity index (χ4n) is 3.10. The summed E-state index contributed by atoms with van der Waals surface area (Å²) >= 11 is 1.88. The summed E-state index contributed by atoms with van der Waals surface area (Å²) in [4.78, 5) is 12.2. The number of anilines is 1. The number of ether oxygens (including phenoxy) is 2. The fourth-order valence-corrected chi connectivity index (χ4v) is 5.17. The number of benzene rings is 1. The van der Waals surface area contributed by atoms with Crippen LogP contribution in [0.3, 0.4) is 0 Å². The lowest BCUT2D eigenvalue weighted by molar-refractivity contribution is -0.119. The molecule has 0 atom stereocenters. The molecule has 2 aliphatic rings. The third kappa shape index (κ3) is 4.97. The summed E-state index contributed by atoms with van der Waals surface area (Å²) in [5.74, 6) is 1.57. The highest BCUT2D eigenvalue weighted by Gasteiger charge is 2.23. The first kappa shape index (κ1) is 19.2. The van der Waals surface area contributed by atoms with Crippen LogP contribution in [0.15, 0.2) is 18.2 Å². The van der Waals surface area contributed by atoms with Crippen LogP contribution < -0.4 is 19.1 Å². The van der Waals surface area contributed by atoms with Gasteiger partial charge in [0.05, 0.1) is 11.9 Å². The van der Waals surface area contributed by atoms with E-state index in [0.29, 0.717) is 29.0 Å². The molecule has 0 saturated heterocycles. The second-order valence-electron chi connectivity index (χ2n) is 6.43. The molecule has 0 radical (unpaired) electrons. The number of amides is 1. The van der Waals surface area contributed by atoms with E-state index in [1.165, 1.54) is 25.7 Å². The summed E-state index contributed by atoms with van der Waals surface area (Å²) in [6.07, 6.45) is 6.18. The van der Waals surface area contributed by atoms with Crippen LogP contribution in [0.2, 0.25) is 0 Å². The second-order valence-corrected chi connectivity index (χ2v) is 9.75. The second kappa shape index (κ2) is 8.39. The lowest BCUT2D eigenvalue weighted by Crippen LogP contribution is -2.41. The van der Waals surface area contributed by atoms with Gasteiger partial charge in [-0.3, -0.25) is 9.10 Å². The minimum atomic E-state index is -3.60. The Morgan fingerprint density at radius 1 is 1.27 bits per heavy atom. The number of nitrogens with zero attached hydrogens (tertiary/aromatic N) is 1. The van der Waals surface area contributed by atoms with Gasteiger partial charge in [-0.25, -0.2) is 8.42 Å². The quantitative estimate of drug-likeness (QED) is 0.672. The highest BCUT2D eigenvalue weighted by Crippen LogP contribution is 2.36. The van der Waals surface area contributed by atoms with Gasteiger partial charge in [0.15, 0.2) is 11.5 Å². The summed E-state index contributed by atoms with van der Waals surface area (Å²) < 4.78 is 35.9. The van der Waals surface area contributed by atoms with Crippen molar-refractivity contribution in [3.05, 3.63) is 18.2 Å². The van der Waals surface area contributed by atoms with Crippen LogP contribution in [0.25, 0.3) is 0 Å². The zero-order chi connectivity index (χ0) is 18.6. The van der Waals surface area contributed by atoms with Crippen LogP contribution in [0.4, 0.5) is 5.69 Å². The molecule has 1 aliphatic carbocycles. The smallest absolute Gasteiger partial charge is 0.240 e. The zero-order valence-electron chi connectivity index (χ0n) is 14.8. The van der Waals surface area contributed by atoms with Crippen molar-refractivity contribution >= 4 is 33.4 Å². The molecule has 0 spiro atoms. The van der Waals surface area contributed by atoms with Crippen LogP contribution in [0.1, 0.15) is 25.7 Å². The van der Waals surface area contributed by atoms with Crippen LogP contribution in [-0.2, 0) is 14.8 Å². The van der Waals surface area contributed by atoms with Crippen molar-refractivity contribution in [1.82, 2.24) is 5.32 Å². The van der Waals surface area contributed by atoms with Gasteiger partial charge < -0.3 is 14.8 Å². The maximum atomic E-state index is 12.2. The van der Waals surface area contributed by atoms with Crippen LogP contribution >= 0.6 is 11.8 Å².